The maximum Gasteiger partial charge on any atom is 0.233 e. The molecule has 1 fully saturated rings. The van der Waals surface area contributed by atoms with E-state index in [2.05, 4.69) is 25.8 Å². The molecular weight excluding hydrogens is 366 g/mol. The number of benzene rings is 1. The molecule has 8 heteroatoms. The average molecular weight is 396 g/mol. The monoisotopic (exact) mass is 395 g/mol. The number of aliphatic imine (C=N–C) groups is 1. The summed E-state index contributed by atoms with van der Waals surface area (Å²) in [6.45, 7) is 5.23. The Morgan fingerprint density at radius 3 is 2.59 bits per heavy atom. The number of nitrogens with one attached hydrogen (secondary N) is 3. The Balaban J connectivity index is 1.85. The third kappa shape index (κ3) is 7.36. The first-order valence-electron chi connectivity index (χ1n) is 9.43. The van der Waals surface area contributed by atoms with Crippen LogP contribution in [0.3, 0.4) is 0 Å². The van der Waals surface area contributed by atoms with Crippen molar-refractivity contribution in [1.29, 1.82) is 0 Å². The lowest BCUT2D eigenvalue weighted by atomic mass is 10.1. The van der Waals surface area contributed by atoms with E-state index < -0.39 is 6.10 Å². The van der Waals surface area contributed by atoms with Crippen molar-refractivity contribution in [1.82, 2.24) is 20.9 Å². The number of likely N-dealkylation sites (N-methyl/N-ethyl adjacent to an activating group) is 1. The van der Waals surface area contributed by atoms with Gasteiger partial charge in [-0.1, -0.05) is 23.7 Å². The van der Waals surface area contributed by atoms with E-state index in [0.29, 0.717) is 23.6 Å². The summed E-state index contributed by atoms with van der Waals surface area (Å²) in [7, 11) is 1.66. The second kappa shape index (κ2) is 11.1. The molecule has 0 aromatic heterocycles. The van der Waals surface area contributed by atoms with Crippen LogP contribution in [0.25, 0.3) is 0 Å². The molecule has 2 rings (SSSR count). The van der Waals surface area contributed by atoms with Crippen molar-refractivity contribution in [3.63, 3.8) is 0 Å². The minimum Gasteiger partial charge on any atom is -0.386 e. The number of piperidine rings is 1. The number of amides is 1. The van der Waals surface area contributed by atoms with Crippen LogP contribution < -0.4 is 16.0 Å². The molecule has 1 unspecified atom stereocenters. The first-order valence-corrected chi connectivity index (χ1v) is 9.81. The van der Waals surface area contributed by atoms with E-state index in [1.54, 1.807) is 19.2 Å². The number of guanidine groups is 1. The van der Waals surface area contributed by atoms with Crippen molar-refractivity contribution < 1.29 is 9.90 Å². The van der Waals surface area contributed by atoms with Gasteiger partial charge in [0.1, 0.15) is 0 Å². The molecule has 4 N–H and O–H groups in total. The molecule has 0 radical (unpaired) electrons. The molecule has 1 aliphatic heterocycles. The number of nitrogens with zero attached hydrogens (tertiary/aromatic N) is 2. The zero-order chi connectivity index (χ0) is 19.6. The number of rotatable bonds is 7. The highest BCUT2D eigenvalue weighted by Crippen LogP contribution is 2.16. The molecule has 1 heterocycles. The summed E-state index contributed by atoms with van der Waals surface area (Å²) in [5.41, 5.74) is 0.793. The SMILES string of the molecule is CCNC(=NCC(O)c1ccc(Cl)cc1)NC1CCN(CC(=O)NC)CC1. The van der Waals surface area contributed by atoms with Crippen LogP contribution in [0.1, 0.15) is 31.4 Å². The van der Waals surface area contributed by atoms with Gasteiger partial charge in [0.2, 0.25) is 5.91 Å². The fourth-order valence-corrected chi connectivity index (χ4v) is 3.13. The van der Waals surface area contributed by atoms with Gasteiger partial charge in [0.15, 0.2) is 5.96 Å². The number of hydrogen-bond acceptors (Lipinski definition) is 4. The third-order valence-corrected chi connectivity index (χ3v) is 4.85. The number of carbonyl (C=O) groups is 1. The molecule has 0 spiro atoms. The first kappa shape index (κ1) is 21.5. The molecular formula is C19H30ClN5O2. The summed E-state index contributed by atoms with van der Waals surface area (Å²) < 4.78 is 0. The van der Waals surface area contributed by atoms with Gasteiger partial charge >= 0.3 is 0 Å². The number of carbonyl (C=O) groups excluding carboxylic acids is 1. The number of halogens is 1. The molecule has 0 aliphatic carbocycles. The molecule has 1 atom stereocenters. The van der Waals surface area contributed by atoms with Gasteiger partial charge in [-0.3, -0.25) is 14.7 Å². The highest BCUT2D eigenvalue weighted by Gasteiger charge is 2.21. The predicted octanol–water partition coefficient (Wildman–Crippen LogP) is 1.14. The van der Waals surface area contributed by atoms with Gasteiger partial charge in [0, 0.05) is 37.7 Å². The van der Waals surface area contributed by atoms with Gasteiger partial charge in [-0.15, -0.1) is 0 Å². The van der Waals surface area contributed by atoms with Crippen molar-refractivity contribution >= 4 is 23.5 Å². The molecule has 1 aromatic carbocycles. The van der Waals surface area contributed by atoms with Crippen LogP contribution in [0.4, 0.5) is 0 Å². The Kier molecular flexibility index (Phi) is 8.84. The highest BCUT2D eigenvalue weighted by atomic mass is 35.5. The van der Waals surface area contributed by atoms with Crippen LogP contribution >= 0.6 is 11.6 Å². The van der Waals surface area contributed by atoms with Gasteiger partial charge in [-0.05, 0) is 37.5 Å². The van der Waals surface area contributed by atoms with Gasteiger partial charge in [0.25, 0.3) is 0 Å². The van der Waals surface area contributed by atoms with Gasteiger partial charge in [-0.2, -0.15) is 0 Å². The van der Waals surface area contributed by atoms with E-state index in [1.165, 1.54) is 0 Å². The van der Waals surface area contributed by atoms with Gasteiger partial charge < -0.3 is 21.1 Å². The molecule has 1 saturated heterocycles. The molecule has 1 amide bonds. The molecule has 1 aliphatic rings. The summed E-state index contributed by atoms with van der Waals surface area (Å²) >= 11 is 5.89. The Morgan fingerprint density at radius 2 is 2.00 bits per heavy atom. The van der Waals surface area contributed by atoms with E-state index in [4.69, 9.17) is 11.6 Å². The second-order valence-electron chi connectivity index (χ2n) is 6.65. The lowest BCUT2D eigenvalue weighted by Crippen LogP contribution is -2.50. The fourth-order valence-electron chi connectivity index (χ4n) is 3.00. The molecule has 0 saturated carbocycles. The van der Waals surface area contributed by atoms with E-state index in [1.807, 2.05) is 19.1 Å². The molecule has 1 aromatic rings. The number of hydrogen-bond donors (Lipinski definition) is 4. The van der Waals surface area contributed by atoms with Crippen molar-refractivity contribution in [2.75, 3.05) is 39.8 Å². The van der Waals surface area contributed by atoms with Gasteiger partial charge in [0.05, 0.1) is 19.2 Å². The van der Waals surface area contributed by atoms with E-state index in [0.717, 1.165) is 38.0 Å². The maximum atomic E-state index is 11.5. The van der Waals surface area contributed by atoms with Gasteiger partial charge in [-0.25, -0.2) is 0 Å². The summed E-state index contributed by atoms with van der Waals surface area (Å²) in [4.78, 5) is 18.2. The zero-order valence-corrected chi connectivity index (χ0v) is 16.8. The maximum absolute atomic E-state index is 11.5. The third-order valence-electron chi connectivity index (χ3n) is 4.60. The fraction of sp³-hybridized carbons (Fsp3) is 0.579. The van der Waals surface area contributed by atoms with Crippen molar-refractivity contribution in [3.8, 4) is 0 Å². The number of likely N-dealkylation sites (tertiary alicyclic amines) is 1. The van der Waals surface area contributed by atoms with Crippen LogP contribution in [0.15, 0.2) is 29.3 Å². The van der Waals surface area contributed by atoms with Crippen molar-refractivity contribution in [2.45, 2.75) is 31.9 Å². The normalized spacial score (nSPS) is 17.4. The van der Waals surface area contributed by atoms with E-state index in [-0.39, 0.29) is 12.5 Å². The average Bonchev–Trinajstić information content (AvgIpc) is 2.68. The minimum atomic E-state index is -0.674. The van der Waals surface area contributed by atoms with E-state index in [9.17, 15) is 9.90 Å². The summed E-state index contributed by atoms with van der Waals surface area (Å²) in [6.07, 6.45) is 1.22. The Hall–Kier alpha value is -1.83. The molecule has 7 nitrogen and oxygen atoms in total. The quantitative estimate of drug-likeness (QED) is 0.410. The lowest BCUT2D eigenvalue weighted by molar-refractivity contribution is -0.122. The van der Waals surface area contributed by atoms with Crippen LogP contribution in [0.2, 0.25) is 5.02 Å². The number of aliphatic hydroxyl groups is 1. The Labute approximate surface area is 166 Å². The second-order valence-corrected chi connectivity index (χ2v) is 7.09. The highest BCUT2D eigenvalue weighted by molar-refractivity contribution is 6.30. The summed E-state index contributed by atoms with van der Waals surface area (Å²) in [6, 6.07) is 7.45. The standard InChI is InChI=1S/C19H30ClN5O2/c1-3-22-19(23-12-17(26)14-4-6-15(20)7-5-14)24-16-8-10-25(11-9-16)13-18(27)21-2/h4-7,16-17,26H,3,8-13H2,1-2H3,(H,21,27)(H2,22,23,24). The van der Waals surface area contributed by atoms with Crippen molar-refractivity contribution in [3.05, 3.63) is 34.9 Å². The van der Waals surface area contributed by atoms with Crippen LogP contribution in [-0.2, 0) is 4.79 Å². The predicted molar refractivity (Wildman–Crippen MR) is 109 cm³/mol. The van der Waals surface area contributed by atoms with Crippen LogP contribution in [0, 0.1) is 0 Å². The zero-order valence-electron chi connectivity index (χ0n) is 16.0. The Morgan fingerprint density at radius 1 is 1.33 bits per heavy atom. The smallest absolute Gasteiger partial charge is 0.233 e. The molecule has 0 bridgehead atoms. The van der Waals surface area contributed by atoms with Crippen LogP contribution in [0.5, 0.6) is 0 Å². The molecule has 27 heavy (non-hydrogen) atoms. The van der Waals surface area contributed by atoms with E-state index >= 15 is 0 Å². The lowest BCUT2D eigenvalue weighted by Gasteiger charge is -2.32. The minimum absolute atomic E-state index is 0.0486. The Bertz CT molecular complexity index is 615. The largest absolute Gasteiger partial charge is 0.386 e. The number of aliphatic hydroxyl groups excluding tert-OH is 1. The summed E-state index contributed by atoms with van der Waals surface area (Å²) in [5.74, 6) is 0.753. The van der Waals surface area contributed by atoms with Crippen molar-refractivity contribution in [2.24, 2.45) is 4.99 Å². The topological polar surface area (TPSA) is 89.0 Å². The first-order chi connectivity index (χ1) is 13.0. The van der Waals surface area contributed by atoms with Crippen LogP contribution in [-0.4, -0.2) is 67.7 Å². The summed E-state index contributed by atoms with van der Waals surface area (Å²) in [5, 5.41) is 20.3. The molecule has 150 valence electrons.